The molecule has 1 aliphatic carbocycles. The minimum Gasteiger partial charge on any atom is -0.497 e. The average molecular weight is 598 g/mol. The summed E-state index contributed by atoms with van der Waals surface area (Å²) in [5, 5.41) is 2.71. The molecule has 7 rings (SSSR count). The van der Waals surface area contributed by atoms with Gasteiger partial charge in [-0.3, -0.25) is 0 Å². The molecule has 0 amide bonds. The number of methoxy groups -OCH3 is 2. The van der Waals surface area contributed by atoms with Crippen LogP contribution in [0.5, 0.6) is 11.5 Å². The molecule has 0 saturated heterocycles. The minimum atomic E-state index is -0.0277. The highest BCUT2D eigenvalue weighted by Gasteiger charge is 2.37. The first-order valence-corrected chi connectivity index (χ1v) is 16.2. The van der Waals surface area contributed by atoms with Crippen LogP contribution in [-0.4, -0.2) is 18.8 Å². The van der Waals surface area contributed by atoms with Gasteiger partial charge < -0.3 is 14.0 Å². The number of rotatable bonds is 7. The summed E-state index contributed by atoms with van der Waals surface area (Å²) in [6.45, 7) is 12.7. The standard InChI is InChI=1S/C40H39NO2S/c1-24(2)23-41-36-16-15-27(26-11-10-12-30(17-26)44-31-20-28(42-6)19-29(21-31)43-7)18-33(36)39-25(3)38-32-13-8-9-14-34(32)40(4,5)35(38)22-37(39)41/h8-22,24H,23H2,1-7H3. The minimum absolute atomic E-state index is 0.0277. The Balaban J connectivity index is 1.39. The van der Waals surface area contributed by atoms with Gasteiger partial charge in [0.05, 0.1) is 14.2 Å². The lowest BCUT2D eigenvalue weighted by molar-refractivity contribution is 0.392. The van der Waals surface area contributed by atoms with Crippen molar-refractivity contribution in [1.29, 1.82) is 0 Å². The Morgan fingerprint density at radius 2 is 1.45 bits per heavy atom. The number of nitrogens with zero attached hydrogens (tertiary/aromatic N) is 1. The third-order valence-electron chi connectivity index (χ3n) is 9.22. The van der Waals surface area contributed by atoms with Crippen molar-refractivity contribution >= 4 is 33.6 Å². The molecule has 222 valence electrons. The molecule has 3 nitrogen and oxygen atoms in total. The van der Waals surface area contributed by atoms with E-state index in [0.717, 1.165) is 22.9 Å². The van der Waals surface area contributed by atoms with Crippen molar-refractivity contribution < 1.29 is 9.47 Å². The molecule has 1 aromatic heterocycles. The number of ether oxygens (including phenoxy) is 2. The molecule has 0 unspecified atom stereocenters. The fourth-order valence-corrected chi connectivity index (χ4v) is 8.10. The first-order chi connectivity index (χ1) is 21.2. The summed E-state index contributed by atoms with van der Waals surface area (Å²) >= 11 is 1.72. The molecular weight excluding hydrogens is 559 g/mol. The van der Waals surface area contributed by atoms with Gasteiger partial charge in [0, 0.05) is 49.6 Å². The van der Waals surface area contributed by atoms with Crippen molar-refractivity contribution in [1.82, 2.24) is 4.57 Å². The molecule has 1 heterocycles. The first-order valence-electron chi connectivity index (χ1n) is 15.4. The first kappa shape index (κ1) is 28.6. The molecule has 4 heteroatoms. The summed E-state index contributed by atoms with van der Waals surface area (Å²) in [5.41, 5.74) is 12.1. The Kier molecular flexibility index (Phi) is 7.01. The van der Waals surface area contributed by atoms with Crippen LogP contribution in [0.25, 0.3) is 44.1 Å². The van der Waals surface area contributed by atoms with Gasteiger partial charge in [0.2, 0.25) is 0 Å². The lowest BCUT2D eigenvalue weighted by Crippen LogP contribution is -2.15. The second-order valence-corrected chi connectivity index (χ2v) is 14.1. The van der Waals surface area contributed by atoms with Gasteiger partial charge in [0.1, 0.15) is 11.5 Å². The lowest BCUT2D eigenvalue weighted by atomic mass is 9.82. The molecule has 0 N–H and O–H groups in total. The van der Waals surface area contributed by atoms with Gasteiger partial charge in [0.15, 0.2) is 0 Å². The van der Waals surface area contributed by atoms with Crippen LogP contribution in [0.3, 0.4) is 0 Å². The number of hydrogen-bond acceptors (Lipinski definition) is 3. The molecule has 5 aromatic carbocycles. The molecule has 0 saturated carbocycles. The number of hydrogen-bond donors (Lipinski definition) is 0. The number of benzene rings is 5. The third-order valence-corrected chi connectivity index (χ3v) is 10.2. The van der Waals surface area contributed by atoms with Crippen LogP contribution >= 0.6 is 11.8 Å². The molecule has 0 spiro atoms. The van der Waals surface area contributed by atoms with E-state index in [0.29, 0.717) is 5.92 Å². The topological polar surface area (TPSA) is 23.4 Å². The van der Waals surface area contributed by atoms with Gasteiger partial charge in [-0.2, -0.15) is 0 Å². The highest BCUT2D eigenvalue weighted by atomic mass is 32.2. The highest BCUT2D eigenvalue weighted by Crippen LogP contribution is 2.52. The maximum Gasteiger partial charge on any atom is 0.123 e. The number of aryl methyl sites for hydroxylation is 1. The SMILES string of the molecule is COc1cc(OC)cc(Sc2cccc(-c3ccc4c(c3)c3c(C)c5c(cc3n4CC(C)C)C(C)(C)c3ccccc3-5)c2)c1. The quantitative estimate of drug-likeness (QED) is 0.183. The van der Waals surface area contributed by atoms with Gasteiger partial charge in [-0.05, 0) is 94.3 Å². The fraction of sp³-hybridized carbons (Fsp3) is 0.250. The molecule has 0 aliphatic heterocycles. The van der Waals surface area contributed by atoms with E-state index in [9.17, 15) is 0 Å². The smallest absolute Gasteiger partial charge is 0.123 e. The summed E-state index contributed by atoms with van der Waals surface area (Å²) in [4.78, 5) is 2.26. The molecular formula is C40H39NO2S. The van der Waals surface area contributed by atoms with Crippen LogP contribution in [0.15, 0.2) is 101 Å². The molecule has 44 heavy (non-hydrogen) atoms. The van der Waals surface area contributed by atoms with E-state index < -0.39 is 0 Å². The van der Waals surface area contributed by atoms with Crippen LogP contribution in [0.1, 0.15) is 44.4 Å². The van der Waals surface area contributed by atoms with Crippen molar-refractivity contribution in [3.63, 3.8) is 0 Å². The van der Waals surface area contributed by atoms with Gasteiger partial charge in [-0.25, -0.2) is 0 Å². The van der Waals surface area contributed by atoms with E-state index in [1.807, 2.05) is 6.07 Å². The monoisotopic (exact) mass is 597 g/mol. The van der Waals surface area contributed by atoms with E-state index in [1.54, 1.807) is 26.0 Å². The van der Waals surface area contributed by atoms with Crippen LogP contribution in [-0.2, 0) is 12.0 Å². The maximum atomic E-state index is 5.50. The van der Waals surface area contributed by atoms with Gasteiger partial charge in [0.25, 0.3) is 0 Å². The summed E-state index contributed by atoms with van der Waals surface area (Å²) in [6.07, 6.45) is 0. The Labute approximate surface area is 264 Å². The van der Waals surface area contributed by atoms with Crippen molar-refractivity contribution in [3.8, 4) is 33.8 Å². The third kappa shape index (κ3) is 4.59. The molecule has 0 radical (unpaired) electrons. The van der Waals surface area contributed by atoms with E-state index >= 15 is 0 Å². The van der Waals surface area contributed by atoms with Crippen LogP contribution < -0.4 is 9.47 Å². The van der Waals surface area contributed by atoms with Crippen LogP contribution in [0.4, 0.5) is 0 Å². The molecule has 6 aromatic rings. The van der Waals surface area contributed by atoms with Gasteiger partial charge in [-0.15, -0.1) is 0 Å². The van der Waals surface area contributed by atoms with E-state index in [-0.39, 0.29) is 5.41 Å². The molecule has 0 bridgehead atoms. The lowest BCUT2D eigenvalue weighted by Gasteiger charge is -2.22. The predicted molar refractivity (Wildman–Crippen MR) is 186 cm³/mol. The summed E-state index contributed by atoms with van der Waals surface area (Å²) < 4.78 is 13.6. The Morgan fingerprint density at radius 1 is 0.727 bits per heavy atom. The zero-order valence-electron chi connectivity index (χ0n) is 26.6. The van der Waals surface area contributed by atoms with Crippen molar-refractivity contribution in [2.24, 2.45) is 5.92 Å². The van der Waals surface area contributed by atoms with Gasteiger partial charge in [-0.1, -0.05) is 81.9 Å². The molecule has 1 aliphatic rings. The normalized spacial score (nSPS) is 13.5. The van der Waals surface area contributed by atoms with E-state index in [4.69, 9.17) is 9.47 Å². The zero-order valence-corrected chi connectivity index (χ0v) is 27.4. The Bertz CT molecular complexity index is 2040. The summed E-state index contributed by atoms with van der Waals surface area (Å²) in [5.74, 6) is 2.12. The highest BCUT2D eigenvalue weighted by molar-refractivity contribution is 7.99. The largest absolute Gasteiger partial charge is 0.497 e. The Hall–Kier alpha value is -4.15. The summed E-state index contributed by atoms with van der Waals surface area (Å²) in [6, 6.07) is 33.3. The van der Waals surface area contributed by atoms with E-state index in [2.05, 4.69) is 124 Å². The second kappa shape index (κ2) is 10.8. The van der Waals surface area contributed by atoms with Crippen molar-refractivity contribution in [2.45, 2.75) is 56.4 Å². The second-order valence-electron chi connectivity index (χ2n) is 12.9. The zero-order chi connectivity index (χ0) is 30.7. The molecule has 0 fully saturated rings. The van der Waals surface area contributed by atoms with E-state index in [1.165, 1.54) is 65.6 Å². The van der Waals surface area contributed by atoms with Crippen LogP contribution in [0.2, 0.25) is 0 Å². The van der Waals surface area contributed by atoms with Crippen molar-refractivity contribution in [3.05, 3.63) is 108 Å². The fourth-order valence-electron chi connectivity index (χ4n) is 7.14. The molecule has 0 atom stereocenters. The average Bonchev–Trinajstić information content (AvgIpc) is 3.45. The number of aromatic nitrogens is 1. The number of fused-ring (bicyclic) bond motifs is 6. The maximum absolute atomic E-state index is 5.50. The Morgan fingerprint density at radius 3 is 2.18 bits per heavy atom. The predicted octanol–water partition coefficient (Wildman–Crippen LogP) is 10.9. The summed E-state index contributed by atoms with van der Waals surface area (Å²) in [7, 11) is 3.38. The van der Waals surface area contributed by atoms with Crippen molar-refractivity contribution in [2.75, 3.05) is 14.2 Å². The van der Waals surface area contributed by atoms with Crippen LogP contribution in [0, 0.1) is 12.8 Å². The van der Waals surface area contributed by atoms with Gasteiger partial charge >= 0.3 is 0 Å².